The van der Waals surface area contributed by atoms with Crippen molar-refractivity contribution in [3.8, 4) is 5.75 Å². The molecule has 1 heterocycles. The van der Waals surface area contributed by atoms with Crippen molar-refractivity contribution in [2.75, 3.05) is 51.1 Å². The highest BCUT2D eigenvalue weighted by atomic mass is 35.5. The smallest absolute Gasteiger partial charge is 0.119 e. The van der Waals surface area contributed by atoms with Gasteiger partial charge in [-0.2, -0.15) is 0 Å². The fourth-order valence-corrected chi connectivity index (χ4v) is 3.41. The molecule has 0 saturated carbocycles. The maximum atomic E-state index is 5.87. The van der Waals surface area contributed by atoms with Gasteiger partial charge >= 0.3 is 0 Å². The monoisotopic (exact) mass is 430 g/mol. The number of piperidine rings is 1. The number of nitrogens with zero attached hydrogens (tertiary/aromatic N) is 2. The standard InChI is InChI=1S/C18H28Cl2N2O.2ClH/c19-8-12-22(13-9-20)16-17-4-6-18(7-5-17)23-15-14-21-10-2-1-3-11-21;;/h4-7H,1-3,8-16H2;2*1H. The van der Waals surface area contributed by atoms with E-state index in [1.54, 1.807) is 0 Å². The topological polar surface area (TPSA) is 15.7 Å². The molecule has 1 aliphatic heterocycles. The van der Waals surface area contributed by atoms with Crippen LogP contribution in [0.3, 0.4) is 0 Å². The minimum Gasteiger partial charge on any atom is -0.492 e. The molecule has 0 aliphatic carbocycles. The first-order chi connectivity index (χ1) is 11.3. The summed E-state index contributed by atoms with van der Waals surface area (Å²) in [6.45, 7) is 6.85. The van der Waals surface area contributed by atoms with Crippen molar-refractivity contribution in [3.05, 3.63) is 29.8 Å². The molecule has 0 amide bonds. The highest BCUT2D eigenvalue weighted by Gasteiger charge is 2.09. The van der Waals surface area contributed by atoms with Gasteiger partial charge in [0.15, 0.2) is 0 Å². The number of benzene rings is 1. The molecular formula is C18H30Cl4N2O. The summed E-state index contributed by atoms with van der Waals surface area (Å²) in [6.07, 6.45) is 4.04. The Kier molecular flexibility index (Phi) is 15.2. The first-order valence-corrected chi connectivity index (χ1v) is 9.67. The van der Waals surface area contributed by atoms with Gasteiger partial charge in [-0.05, 0) is 43.6 Å². The van der Waals surface area contributed by atoms with Crippen LogP contribution in [0.4, 0.5) is 0 Å². The van der Waals surface area contributed by atoms with Gasteiger partial charge in [-0.15, -0.1) is 48.0 Å². The molecule has 0 radical (unpaired) electrons. The molecule has 1 saturated heterocycles. The van der Waals surface area contributed by atoms with Crippen LogP contribution in [0.2, 0.25) is 0 Å². The Morgan fingerprint density at radius 2 is 1.52 bits per heavy atom. The van der Waals surface area contributed by atoms with E-state index in [1.165, 1.54) is 37.9 Å². The van der Waals surface area contributed by atoms with E-state index in [0.29, 0.717) is 11.8 Å². The van der Waals surface area contributed by atoms with Gasteiger partial charge in [0.05, 0.1) is 0 Å². The molecule has 0 bridgehead atoms. The van der Waals surface area contributed by atoms with Gasteiger partial charge < -0.3 is 4.74 Å². The molecule has 146 valence electrons. The lowest BCUT2D eigenvalue weighted by atomic mass is 10.1. The Morgan fingerprint density at radius 3 is 2.08 bits per heavy atom. The second-order valence-corrected chi connectivity index (χ2v) is 6.80. The first-order valence-electron chi connectivity index (χ1n) is 8.60. The van der Waals surface area contributed by atoms with Gasteiger partial charge in [-0.1, -0.05) is 18.6 Å². The van der Waals surface area contributed by atoms with Crippen LogP contribution >= 0.6 is 48.0 Å². The Morgan fingerprint density at radius 1 is 0.920 bits per heavy atom. The summed E-state index contributed by atoms with van der Waals surface area (Å²) in [7, 11) is 0. The van der Waals surface area contributed by atoms with E-state index in [0.717, 1.165) is 38.5 Å². The lowest BCUT2D eigenvalue weighted by molar-refractivity contribution is 0.183. The van der Waals surface area contributed by atoms with Crippen LogP contribution in [0.5, 0.6) is 5.75 Å². The Bertz CT molecular complexity index is 422. The van der Waals surface area contributed by atoms with Crippen molar-refractivity contribution in [2.45, 2.75) is 25.8 Å². The van der Waals surface area contributed by atoms with Gasteiger partial charge in [0.25, 0.3) is 0 Å². The summed E-state index contributed by atoms with van der Waals surface area (Å²) in [5.41, 5.74) is 1.27. The van der Waals surface area contributed by atoms with E-state index in [2.05, 4.69) is 34.1 Å². The van der Waals surface area contributed by atoms with E-state index >= 15 is 0 Å². The summed E-state index contributed by atoms with van der Waals surface area (Å²) in [4.78, 5) is 4.76. The van der Waals surface area contributed by atoms with Crippen LogP contribution in [0, 0.1) is 0 Å². The number of rotatable bonds is 10. The summed E-state index contributed by atoms with van der Waals surface area (Å²) in [5.74, 6) is 2.22. The quantitative estimate of drug-likeness (QED) is 0.500. The Hall–Kier alpha value is 0.1000. The van der Waals surface area contributed by atoms with Crippen LogP contribution in [0.25, 0.3) is 0 Å². The normalized spacial score (nSPS) is 14.7. The largest absolute Gasteiger partial charge is 0.492 e. The molecule has 0 aromatic heterocycles. The first kappa shape index (κ1) is 25.1. The van der Waals surface area contributed by atoms with Crippen molar-refractivity contribution in [1.29, 1.82) is 0 Å². The predicted octanol–water partition coefficient (Wildman–Crippen LogP) is 4.67. The van der Waals surface area contributed by atoms with E-state index in [-0.39, 0.29) is 24.8 Å². The third kappa shape index (κ3) is 10.1. The van der Waals surface area contributed by atoms with E-state index in [9.17, 15) is 0 Å². The lowest BCUT2D eigenvalue weighted by Gasteiger charge is -2.26. The molecule has 25 heavy (non-hydrogen) atoms. The fourth-order valence-electron chi connectivity index (χ4n) is 2.93. The average molecular weight is 432 g/mol. The van der Waals surface area contributed by atoms with Crippen LogP contribution < -0.4 is 4.74 Å². The zero-order valence-electron chi connectivity index (χ0n) is 14.7. The third-order valence-corrected chi connectivity index (χ3v) is 4.59. The van der Waals surface area contributed by atoms with Crippen molar-refractivity contribution < 1.29 is 4.74 Å². The van der Waals surface area contributed by atoms with Crippen molar-refractivity contribution in [3.63, 3.8) is 0 Å². The van der Waals surface area contributed by atoms with Gasteiger partial charge in [0, 0.05) is 37.9 Å². The van der Waals surface area contributed by atoms with E-state index in [4.69, 9.17) is 27.9 Å². The van der Waals surface area contributed by atoms with Gasteiger partial charge in [0.1, 0.15) is 12.4 Å². The Labute approximate surface area is 174 Å². The zero-order valence-corrected chi connectivity index (χ0v) is 17.8. The maximum absolute atomic E-state index is 5.87. The second kappa shape index (κ2) is 15.2. The number of alkyl halides is 2. The third-order valence-electron chi connectivity index (χ3n) is 4.26. The number of ether oxygens (including phenoxy) is 1. The van der Waals surface area contributed by atoms with Crippen molar-refractivity contribution >= 4 is 48.0 Å². The minimum atomic E-state index is 0. The minimum absolute atomic E-state index is 0. The number of hydrogen-bond acceptors (Lipinski definition) is 3. The highest BCUT2D eigenvalue weighted by molar-refractivity contribution is 6.18. The summed E-state index contributed by atoms with van der Waals surface area (Å²) in [6, 6.07) is 8.38. The molecule has 0 atom stereocenters. The summed E-state index contributed by atoms with van der Waals surface area (Å²) in [5, 5.41) is 0. The molecular weight excluding hydrogens is 402 g/mol. The number of halogens is 4. The molecule has 3 nitrogen and oxygen atoms in total. The molecule has 2 rings (SSSR count). The molecule has 7 heteroatoms. The predicted molar refractivity (Wildman–Crippen MR) is 113 cm³/mol. The average Bonchev–Trinajstić information content (AvgIpc) is 2.58. The van der Waals surface area contributed by atoms with Crippen molar-refractivity contribution in [2.24, 2.45) is 0 Å². The van der Waals surface area contributed by atoms with Gasteiger partial charge in [-0.3, -0.25) is 9.80 Å². The molecule has 1 aliphatic rings. The van der Waals surface area contributed by atoms with Crippen LogP contribution in [0.15, 0.2) is 24.3 Å². The van der Waals surface area contributed by atoms with Crippen LogP contribution in [-0.2, 0) is 6.54 Å². The maximum Gasteiger partial charge on any atom is 0.119 e. The lowest BCUT2D eigenvalue weighted by Crippen LogP contribution is -2.33. The Balaban J connectivity index is 0.00000288. The van der Waals surface area contributed by atoms with Crippen LogP contribution in [0.1, 0.15) is 24.8 Å². The molecule has 0 spiro atoms. The van der Waals surface area contributed by atoms with Crippen LogP contribution in [-0.4, -0.2) is 60.9 Å². The van der Waals surface area contributed by atoms with Gasteiger partial charge in [0.2, 0.25) is 0 Å². The SMILES string of the molecule is Cl.Cl.ClCCN(CCCl)Cc1ccc(OCCN2CCCCC2)cc1. The fraction of sp³-hybridized carbons (Fsp3) is 0.667. The molecule has 0 N–H and O–H groups in total. The second-order valence-electron chi connectivity index (χ2n) is 6.05. The highest BCUT2D eigenvalue weighted by Crippen LogP contribution is 2.14. The summed E-state index contributed by atoms with van der Waals surface area (Å²) >= 11 is 11.7. The van der Waals surface area contributed by atoms with E-state index < -0.39 is 0 Å². The molecule has 1 aromatic rings. The number of likely N-dealkylation sites (tertiary alicyclic amines) is 1. The van der Waals surface area contributed by atoms with Crippen molar-refractivity contribution in [1.82, 2.24) is 9.80 Å². The molecule has 1 fully saturated rings. The molecule has 1 aromatic carbocycles. The summed E-state index contributed by atoms with van der Waals surface area (Å²) < 4.78 is 5.87. The molecule has 0 unspecified atom stereocenters. The zero-order chi connectivity index (χ0) is 16.3. The van der Waals surface area contributed by atoms with Gasteiger partial charge in [-0.25, -0.2) is 0 Å². The number of hydrogen-bond donors (Lipinski definition) is 0. The van der Waals surface area contributed by atoms with E-state index in [1.807, 2.05) is 0 Å².